The zero-order chi connectivity index (χ0) is 27.5. The normalized spacial score (nSPS) is 18.3. The molecule has 4 rings (SSSR count). The molecule has 38 heavy (non-hydrogen) atoms. The molecule has 0 unspecified atom stereocenters. The third-order valence-corrected chi connectivity index (χ3v) is 6.19. The van der Waals surface area contributed by atoms with Crippen LogP contribution in [0.2, 0.25) is 0 Å². The zero-order valence-electron chi connectivity index (χ0n) is 20.1. The summed E-state index contributed by atoms with van der Waals surface area (Å²) >= 11 is 0. The van der Waals surface area contributed by atoms with Gasteiger partial charge in [0.25, 0.3) is 0 Å². The molecular weight excluding hydrogens is 520 g/mol. The van der Waals surface area contributed by atoms with E-state index in [-0.39, 0.29) is 18.1 Å². The molecule has 1 N–H and O–H groups in total. The van der Waals surface area contributed by atoms with Crippen LogP contribution in [0.25, 0.3) is 6.08 Å². The van der Waals surface area contributed by atoms with E-state index < -0.39 is 36.2 Å². The third-order valence-electron chi connectivity index (χ3n) is 6.19. The number of rotatable bonds is 8. The number of nitrogens with zero attached hydrogens (tertiary/aromatic N) is 1. The summed E-state index contributed by atoms with van der Waals surface area (Å²) in [4.78, 5) is 13.4. The van der Waals surface area contributed by atoms with Crippen LogP contribution in [0.1, 0.15) is 29.5 Å². The Morgan fingerprint density at radius 1 is 1.08 bits per heavy atom. The second kappa shape index (κ2) is 11.1. The molecule has 2 aromatic rings. The van der Waals surface area contributed by atoms with Crippen molar-refractivity contribution in [2.24, 2.45) is 5.92 Å². The maximum atomic E-state index is 13.4. The van der Waals surface area contributed by atoms with Crippen LogP contribution in [-0.4, -0.2) is 55.0 Å². The molecule has 1 fully saturated rings. The number of benzene rings is 2. The average Bonchev–Trinajstić information content (AvgIpc) is 2.85. The molecule has 1 atom stereocenters. The van der Waals surface area contributed by atoms with Gasteiger partial charge in [-0.1, -0.05) is 6.07 Å². The number of carboxylic acids is 1. The number of piperidine rings is 1. The predicted octanol–water partition coefficient (Wildman–Crippen LogP) is 5.80. The van der Waals surface area contributed by atoms with Crippen molar-refractivity contribution in [2.45, 2.75) is 31.8 Å². The van der Waals surface area contributed by atoms with Gasteiger partial charge in [0.05, 0.1) is 11.5 Å². The van der Waals surface area contributed by atoms with Crippen LogP contribution in [0.5, 0.6) is 17.2 Å². The van der Waals surface area contributed by atoms with Crippen molar-refractivity contribution in [1.29, 1.82) is 0 Å². The summed E-state index contributed by atoms with van der Waals surface area (Å²) in [5, 5.41) is 9.27. The number of hydrogen-bond acceptors (Lipinski definition) is 5. The molecule has 6 nitrogen and oxygen atoms in total. The molecule has 0 bridgehead atoms. The maximum absolute atomic E-state index is 13.4. The van der Waals surface area contributed by atoms with E-state index in [1.54, 1.807) is 18.2 Å². The molecule has 12 heteroatoms. The van der Waals surface area contributed by atoms with Crippen molar-refractivity contribution in [3.8, 4) is 17.2 Å². The van der Waals surface area contributed by atoms with Crippen LogP contribution in [-0.2, 0) is 17.6 Å². The molecule has 2 aromatic carbocycles. The Hall–Kier alpha value is -3.41. The van der Waals surface area contributed by atoms with Gasteiger partial charge in [0.1, 0.15) is 30.5 Å². The Morgan fingerprint density at radius 2 is 1.87 bits per heavy atom. The second-order valence-electron chi connectivity index (χ2n) is 9.22. The molecule has 0 aromatic heterocycles. The molecule has 206 valence electrons. The summed E-state index contributed by atoms with van der Waals surface area (Å²) < 4.78 is 93.1. The minimum atomic E-state index is -4.91. The number of alkyl halides is 6. The first-order valence-corrected chi connectivity index (χ1v) is 11.8. The fourth-order valence-corrected chi connectivity index (χ4v) is 4.40. The third kappa shape index (κ3) is 7.33. The first kappa shape index (κ1) is 27.6. The van der Waals surface area contributed by atoms with Crippen LogP contribution in [0.15, 0.2) is 42.0 Å². The first-order chi connectivity index (χ1) is 17.9. The first-order valence-electron chi connectivity index (χ1n) is 11.8. The summed E-state index contributed by atoms with van der Waals surface area (Å²) in [7, 11) is 0. The van der Waals surface area contributed by atoms with Crippen molar-refractivity contribution >= 4 is 12.0 Å². The highest BCUT2D eigenvalue weighted by atomic mass is 19.4. The van der Waals surface area contributed by atoms with E-state index in [9.17, 15) is 36.2 Å². The Bertz CT molecular complexity index is 1190. The molecule has 0 spiro atoms. The summed E-state index contributed by atoms with van der Waals surface area (Å²) in [6.07, 6.45) is -6.24. The SMILES string of the molecule is O=C(O)[C@@H]1CCCN(CC2=Cc3ccc(OCc4ccc(OCC(F)(F)F)c(C(F)(F)F)c4)cc3OC2)C1. The minimum absolute atomic E-state index is 0.0960. The number of ether oxygens (including phenoxy) is 3. The molecule has 2 aliphatic heterocycles. The van der Waals surface area contributed by atoms with Crippen LogP contribution in [0, 0.1) is 5.92 Å². The highest BCUT2D eigenvalue weighted by Crippen LogP contribution is 2.38. The molecule has 0 radical (unpaired) electrons. The Labute approximate surface area is 214 Å². The lowest BCUT2D eigenvalue weighted by atomic mass is 9.97. The van der Waals surface area contributed by atoms with Gasteiger partial charge in [0, 0.05) is 24.7 Å². The quantitative estimate of drug-likeness (QED) is 0.423. The number of carbonyl (C=O) groups is 1. The van der Waals surface area contributed by atoms with Gasteiger partial charge in [-0.25, -0.2) is 0 Å². The van der Waals surface area contributed by atoms with E-state index in [1.165, 1.54) is 6.07 Å². The smallest absolute Gasteiger partial charge is 0.422 e. The monoisotopic (exact) mass is 545 g/mol. The van der Waals surface area contributed by atoms with E-state index in [1.807, 2.05) is 6.08 Å². The van der Waals surface area contributed by atoms with E-state index >= 15 is 0 Å². The fraction of sp³-hybridized carbons (Fsp3) is 0.423. The van der Waals surface area contributed by atoms with Crippen LogP contribution >= 0.6 is 0 Å². The van der Waals surface area contributed by atoms with Crippen LogP contribution < -0.4 is 14.2 Å². The van der Waals surface area contributed by atoms with Gasteiger partial charge in [0.2, 0.25) is 0 Å². The Kier molecular flexibility index (Phi) is 8.10. The van der Waals surface area contributed by atoms with Crippen molar-refractivity contribution in [2.75, 3.05) is 32.8 Å². The largest absolute Gasteiger partial charge is 0.489 e. The van der Waals surface area contributed by atoms with Gasteiger partial charge in [-0.15, -0.1) is 0 Å². The number of likely N-dealkylation sites (tertiary alicyclic amines) is 1. The molecule has 0 aliphatic carbocycles. The minimum Gasteiger partial charge on any atom is -0.489 e. The van der Waals surface area contributed by atoms with Crippen molar-refractivity contribution in [1.82, 2.24) is 4.90 Å². The van der Waals surface area contributed by atoms with E-state index in [0.29, 0.717) is 43.7 Å². The van der Waals surface area contributed by atoms with Crippen molar-refractivity contribution in [3.63, 3.8) is 0 Å². The molecule has 0 amide bonds. The van der Waals surface area contributed by atoms with E-state index in [0.717, 1.165) is 30.2 Å². The van der Waals surface area contributed by atoms with Gasteiger partial charge in [-0.2, -0.15) is 26.3 Å². The van der Waals surface area contributed by atoms with Gasteiger partial charge < -0.3 is 19.3 Å². The van der Waals surface area contributed by atoms with Gasteiger partial charge in [-0.3, -0.25) is 9.69 Å². The standard InChI is InChI=1S/C26H25F6NO5/c27-25(28,29)15-38-22-6-3-16(9-21(22)26(30,31)32)13-36-20-5-4-18-8-17(14-37-23(18)10-20)11-33-7-1-2-19(12-33)24(34)35/h3-6,8-10,19H,1-2,7,11-15H2,(H,34,35)/t19-/m1/s1. The summed E-state index contributed by atoms with van der Waals surface area (Å²) in [6, 6.07) is 7.74. The maximum Gasteiger partial charge on any atom is 0.422 e. The highest BCUT2D eigenvalue weighted by molar-refractivity contribution is 5.70. The van der Waals surface area contributed by atoms with E-state index in [2.05, 4.69) is 9.64 Å². The number of fused-ring (bicyclic) bond motifs is 1. The van der Waals surface area contributed by atoms with Crippen LogP contribution in [0.4, 0.5) is 26.3 Å². The fourth-order valence-electron chi connectivity index (χ4n) is 4.40. The van der Waals surface area contributed by atoms with Gasteiger partial charge in [-0.05, 0) is 60.9 Å². The molecule has 2 heterocycles. The topological polar surface area (TPSA) is 68.2 Å². The number of halogens is 6. The lowest BCUT2D eigenvalue weighted by molar-refractivity contribution is -0.158. The van der Waals surface area contributed by atoms with E-state index in [4.69, 9.17) is 9.47 Å². The molecular formula is C26H25F6NO5. The Morgan fingerprint density at radius 3 is 2.58 bits per heavy atom. The van der Waals surface area contributed by atoms with Gasteiger partial charge >= 0.3 is 18.3 Å². The number of carboxylic acid groups (broad SMARTS) is 1. The number of aliphatic carboxylic acids is 1. The van der Waals surface area contributed by atoms with Crippen LogP contribution in [0.3, 0.4) is 0 Å². The molecule has 1 saturated heterocycles. The lowest BCUT2D eigenvalue weighted by Gasteiger charge is -2.32. The summed E-state index contributed by atoms with van der Waals surface area (Å²) in [5.41, 5.74) is 0.553. The zero-order valence-corrected chi connectivity index (χ0v) is 20.1. The van der Waals surface area contributed by atoms with Gasteiger partial charge in [0.15, 0.2) is 6.61 Å². The van der Waals surface area contributed by atoms with Crippen molar-refractivity contribution < 1.29 is 50.5 Å². The summed E-state index contributed by atoms with van der Waals surface area (Å²) in [6.45, 7) is 0.0923. The number of hydrogen-bond donors (Lipinski definition) is 1. The lowest BCUT2D eigenvalue weighted by Crippen LogP contribution is -2.40. The average molecular weight is 545 g/mol. The highest BCUT2D eigenvalue weighted by Gasteiger charge is 2.36. The second-order valence-corrected chi connectivity index (χ2v) is 9.22. The molecule has 2 aliphatic rings. The predicted molar refractivity (Wildman–Crippen MR) is 124 cm³/mol. The Balaban J connectivity index is 1.39. The van der Waals surface area contributed by atoms with Crippen molar-refractivity contribution in [3.05, 3.63) is 58.7 Å². The molecule has 0 saturated carbocycles. The summed E-state index contributed by atoms with van der Waals surface area (Å²) in [5.74, 6) is -1.21.